The molecule has 4 amide bonds. The van der Waals surface area contributed by atoms with E-state index >= 15 is 0 Å². The van der Waals surface area contributed by atoms with Crippen LogP contribution in [-0.4, -0.2) is 48.9 Å². The van der Waals surface area contributed by atoms with Crippen molar-refractivity contribution in [2.24, 2.45) is 0 Å². The number of aromatic hydroxyl groups is 2. The lowest BCUT2D eigenvalue weighted by atomic mass is 9.99. The lowest BCUT2D eigenvalue weighted by Gasteiger charge is -2.17. The van der Waals surface area contributed by atoms with Crippen LogP contribution in [0, 0.1) is 6.92 Å². The number of pyridine rings is 1. The molecule has 13 rings (SSSR count). The molecular formula is C85H71N5O14. The van der Waals surface area contributed by atoms with E-state index in [0.717, 1.165) is 90.7 Å². The number of aliphatic hydroxyl groups excluding tert-OH is 1. The van der Waals surface area contributed by atoms with Crippen molar-refractivity contribution >= 4 is 23.6 Å². The minimum Gasteiger partial charge on any atom is -0.504 e. The van der Waals surface area contributed by atoms with Crippen molar-refractivity contribution in [3.8, 4) is 67.1 Å². The molecule has 19 heteroatoms. The lowest BCUT2D eigenvalue weighted by molar-refractivity contribution is -0.120. The number of allylic oxidation sites excluding steroid dienone is 2. The first-order valence-electron chi connectivity index (χ1n) is 32.7. The van der Waals surface area contributed by atoms with Gasteiger partial charge in [-0.15, -0.1) is 4.73 Å². The number of carbonyl (C=O) groups is 4. The second-order valence-corrected chi connectivity index (χ2v) is 23.5. The average Bonchev–Trinajstić information content (AvgIpc) is 0.862. The van der Waals surface area contributed by atoms with Crippen molar-refractivity contribution in [3.05, 3.63) is 391 Å². The zero-order chi connectivity index (χ0) is 73.5. The van der Waals surface area contributed by atoms with Crippen LogP contribution < -0.4 is 37.7 Å². The molecule has 9 aromatic carbocycles. The standard InChI is InChI=1S/C26H21NO4.C21H19NO3.C19H16N2O3.C19H15NO4/c1-17-15-23(28)24(29)25(31-17)26(30)27-16-18-7-9-20(10-8-18)22-13-11-21(12-14-22)19-5-3-2-4-6-19;1-14-12-15(2)25-20(19(14)23)21(24)22-13-16-8-10-18(11-9-16)17-6-4-3-5-7-17;22-18-8-4-7-17(21(18)24)19(23)20-13-14-9-11-16(12-10-14)15-5-2-1-3-6-15;21-16-10-11-24-18(17(16)22)19(23)20-12-13-6-8-15(9-7-13)14-4-2-1-3-5-14/h2-15,29H,16H2,1H3,(H,27,30);3-12,23H,1,13H2,2H3,(H,22,24);1-12,24H,13H2,(H,20,23);1-11,22H,12H2,(H,20,23). The van der Waals surface area contributed by atoms with E-state index in [1.165, 1.54) is 23.8 Å². The van der Waals surface area contributed by atoms with Crippen molar-refractivity contribution in [1.29, 1.82) is 0 Å². The Kier molecular flexibility index (Phi) is 24.5. The van der Waals surface area contributed by atoms with Gasteiger partial charge in [0, 0.05) is 50.0 Å². The fraction of sp³-hybridized carbons (Fsp3) is 0.0706. The van der Waals surface area contributed by atoms with E-state index in [4.69, 9.17) is 13.6 Å². The number of benzene rings is 9. The van der Waals surface area contributed by atoms with Crippen molar-refractivity contribution in [2.45, 2.75) is 40.0 Å². The maximum absolute atomic E-state index is 12.3. The summed E-state index contributed by atoms with van der Waals surface area (Å²) in [6.07, 6.45) is 2.65. The van der Waals surface area contributed by atoms with Crippen LogP contribution in [0.4, 0.5) is 0 Å². The monoisotopic (exact) mass is 1390 g/mol. The number of hydrogen-bond donors (Lipinski definition) is 8. The third-order valence-electron chi connectivity index (χ3n) is 16.1. The van der Waals surface area contributed by atoms with Crippen molar-refractivity contribution in [1.82, 2.24) is 26.0 Å². The molecule has 0 radical (unpaired) electrons. The van der Waals surface area contributed by atoms with Gasteiger partial charge in [0.05, 0.1) is 6.26 Å². The summed E-state index contributed by atoms with van der Waals surface area (Å²) in [5.74, 6) is -3.98. The van der Waals surface area contributed by atoms with E-state index in [2.05, 4.69) is 76.4 Å². The highest BCUT2D eigenvalue weighted by molar-refractivity contribution is 5.95. The van der Waals surface area contributed by atoms with E-state index < -0.39 is 51.5 Å². The van der Waals surface area contributed by atoms with Gasteiger partial charge in [-0.2, -0.15) is 0 Å². The Balaban J connectivity index is 0.000000150. The van der Waals surface area contributed by atoms with Crippen LogP contribution in [0.1, 0.15) is 66.5 Å². The highest BCUT2D eigenvalue weighted by Gasteiger charge is 2.24. The summed E-state index contributed by atoms with van der Waals surface area (Å²) in [5.41, 5.74) is 13.2. The first-order valence-corrected chi connectivity index (χ1v) is 32.7. The van der Waals surface area contributed by atoms with Gasteiger partial charge in [-0.05, 0) is 104 Å². The van der Waals surface area contributed by atoms with Gasteiger partial charge in [0.15, 0.2) is 5.76 Å². The van der Waals surface area contributed by atoms with Gasteiger partial charge in [0.2, 0.25) is 39.6 Å². The minimum atomic E-state index is -0.686. The number of amides is 4. The third kappa shape index (κ3) is 19.6. The predicted molar refractivity (Wildman–Crippen MR) is 398 cm³/mol. The fourth-order valence-electron chi connectivity index (χ4n) is 10.5. The van der Waals surface area contributed by atoms with Gasteiger partial charge in [-0.3, -0.25) is 33.6 Å². The molecule has 0 spiro atoms. The quantitative estimate of drug-likeness (QED) is 0.0394. The molecule has 0 atom stereocenters. The molecule has 0 unspecified atom stereocenters. The molecule has 19 nitrogen and oxygen atoms in total. The predicted octanol–water partition coefficient (Wildman–Crippen LogP) is 14.8. The number of carbonyl (C=O) groups excluding carboxylic acids is 4. The molecule has 0 bridgehead atoms. The van der Waals surface area contributed by atoms with Gasteiger partial charge >= 0.3 is 0 Å². The second-order valence-electron chi connectivity index (χ2n) is 23.5. The minimum absolute atomic E-state index is 0.0941. The van der Waals surface area contributed by atoms with Crippen LogP contribution in [0.15, 0.2) is 338 Å². The molecule has 104 heavy (non-hydrogen) atoms. The van der Waals surface area contributed by atoms with Crippen LogP contribution in [-0.2, 0) is 35.7 Å². The molecule has 0 aliphatic carbocycles. The van der Waals surface area contributed by atoms with Crippen LogP contribution in [0.5, 0.6) is 11.5 Å². The Labute approximate surface area is 597 Å². The highest BCUT2D eigenvalue weighted by atomic mass is 16.5. The summed E-state index contributed by atoms with van der Waals surface area (Å²) >= 11 is 0. The second kappa shape index (κ2) is 35.1. The third-order valence-corrected chi connectivity index (χ3v) is 16.1. The van der Waals surface area contributed by atoms with Crippen molar-refractivity contribution < 1.29 is 53.3 Å². The topological polar surface area (TPSA) is 289 Å². The smallest absolute Gasteiger partial charge is 0.291 e. The summed E-state index contributed by atoms with van der Waals surface area (Å²) in [6.45, 7) is 8.07. The van der Waals surface area contributed by atoms with Crippen LogP contribution in [0.25, 0.3) is 55.6 Å². The first kappa shape index (κ1) is 72.7. The van der Waals surface area contributed by atoms with Crippen molar-refractivity contribution in [2.75, 3.05) is 0 Å². The Hall–Kier alpha value is -14.1. The Bertz CT molecular complexity index is 5080. The molecule has 0 saturated carbocycles. The summed E-state index contributed by atoms with van der Waals surface area (Å²) in [7, 11) is 0. The lowest BCUT2D eigenvalue weighted by Crippen LogP contribution is -2.30. The highest BCUT2D eigenvalue weighted by Crippen LogP contribution is 2.28. The maximum atomic E-state index is 12.3. The number of aryl methyl sites for hydroxylation is 1. The normalized spacial score (nSPS) is 11.3. The molecule has 520 valence electrons. The molecule has 12 aromatic rings. The van der Waals surface area contributed by atoms with Gasteiger partial charge in [-0.25, -0.2) is 0 Å². The first-order chi connectivity index (χ1) is 50.3. The zero-order valence-electron chi connectivity index (χ0n) is 56.5. The fourth-order valence-corrected chi connectivity index (χ4v) is 10.5. The van der Waals surface area contributed by atoms with E-state index in [0.29, 0.717) is 29.2 Å². The molecular weight excluding hydrogens is 1310 g/mol. The maximum Gasteiger partial charge on any atom is 0.291 e. The van der Waals surface area contributed by atoms with Gasteiger partial charge in [0.1, 0.15) is 17.2 Å². The van der Waals surface area contributed by atoms with E-state index in [1.807, 2.05) is 194 Å². The van der Waals surface area contributed by atoms with Gasteiger partial charge < -0.3 is 55.4 Å². The largest absolute Gasteiger partial charge is 0.504 e. The van der Waals surface area contributed by atoms with E-state index in [1.54, 1.807) is 19.9 Å². The molecule has 0 fully saturated rings. The summed E-state index contributed by atoms with van der Waals surface area (Å²) in [5, 5.41) is 49.6. The Morgan fingerprint density at radius 2 is 0.731 bits per heavy atom. The number of nitrogens with one attached hydrogen (secondary N) is 4. The molecule has 1 aliphatic heterocycles. The van der Waals surface area contributed by atoms with Crippen LogP contribution in [0.2, 0.25) is 0 Å². The molecule has 1 aliphatic rings. The molecule has 0 saturated heterocycles. The molecule has 4 heterocycles. The Morgan fingerprint density at radius 3 is 1.12 bits per heavy atom. The Morgan fingerprint density at radius 1 is 0.394 bits per heavy atom. The average molecular weight is 1390 g/mol. The number of ether oxygens (including phenoxy) is 1. The summed E-state index contributed by atoms with van der Waals surface area (Å²) in [6, 6.07) is 86.2. The number of rotatable bonds is 17. The number of aromatic nitrogens is 1. The van der Waals surface area contributed by atoms with Crippen molar-refractivity contribution in [3.63, 3.8) is 0 Å². The van der Waals surface area contributed by atoms with Crippen LogP contribution in [0.3, 0.4) is 0 Å². The van der Waals surface area contributed by atoms with Crippen LogP contribution >= 0.6 is 0 Å². The summed E-state index contributed by atoms with van der Waals surface area (Å²) < 4.78 is 15.8. The number of nitrogens with zero attached hydrogens (tertiary/aromatic N) is 1. The van der Waals surface area contributed by atoms with E-state index in [-0.39, 0.29) is 47.6 Å². The summed E-state index contributed by atoms with van der Waals surface area (Å²) in [4.78, 5) is 82.8. The molecule has 8 N–H and O–H groups in total. The van der Waals surface area contributed by atoms with Gasteiger partial charge in [0.25, 0.3) is 29.2 Å². The SMILES string of the molecule is C=C1C=C(C)OC(C(=O)NCc2ccc(-c3ccccc3)cc2)=C1O.Cc1cc(=O)c(O)c(C(=O)NCc2ccc(-c3ccc(-c4ccccc4)cc3)cc2)o1.O=C(NCc1ccc(-c2ccccc2)cc1)c1cccc(=O)n1O.O=C(NCc1ccc(-c2ccccc2)cc1)c1occc(=O)c1O. The van der Waals surface area contributed by atoms with Gasteiger partial charge in [-0.1, -0.05) is 255 Å². The van der Waals surface area contributed by atoms with E-state index in [9.17, 15) is 54.1 Å². The number of aliphatic hydroxyl groups is 1. The number of hydrogen-bond acceptors (Lipinski definition) is 14. The molecule has 3 aromatic heterocycles. The zero-order valence-corrected chi connectivity index (χ0v) is 56.5.